The minimum absolute atomic E-state index is 0.0388. The van der Waals surface area contributed by atoms with Gasteiger partial charge in [0.25, 0.3) is 0 Å². The summed E-state index contributed by atoms with van der Waals surface area (Å²) in [5.74, 6) is -1.03. The topological polar surface area (TPSA) is 76.4 Å². The second kappa shape index (κ2) is 4.70. The minimum Gasteiger partial charge on any atom is -0.478 e. The van der Waals surface area contributed by atoms with Crippen molar-refractivity contribution in [1.29, 1.82) is 0 Å². The Labute approximate surface area is 111 Å². The Morgan fingerprint density at radius 3 is 2.58 bits per heavy atom. The summed E-state index contributed by atoms with van der Waals surface area (Å²) in [7, 11) is -3.12. The highest BCUT2D eigenvalue weighted by Gasteiger charge is 2.14. The van der Waals surface area contributed by atoms with Gasteiger partial charge in [-0.1, -0.05) is 6.07 Å². The van der Waals surface area contributed by atoms with Crippen LogP contribution in [0.25, 0.3) is 10.9 Å². The number of sulfone groups is 1. The predicted octanol–water partition coefficient (Wildman–Crippen LogP) is 1.90. The molecule has 1 aromatic carbocycles. The molecule has 0 unspecified atom stereocenters. The van der Waals surface area contributed by atoms with Crippen LogP contribution in [-0.4, -0.2) is 30.3 Å². The third-order valence-electron chi connectivity index (χ3n) is 2.97. The molecule has 102 valence electrons. The Balaban J connectivity index is 2.66. The van der Waals surface area contributed by atoms with Crippen LogP contribution in [0.5, 0.6) is 0 Å². The van der Waals surface area contributed by atoms with Gasteiger partial charge in [-0.2, -0.15) is 0 Å². The van der Waals surface area contributed by atoms with Crippen LogP contribution < -0.4 is 0 Å². The Hall–Kier alpha value is -1.82. The SMILES string of the molecule is CCn1cc(CS(C)(=O)=O)c2ccc(C(=O)O)cc21. The van der Waals surface area contributed by atoms with Gasteiger partial charge < -0.3 is 9.67 Å². The molecule has 0 bridgehead atoms. The maximum absolute atomic E-state index is 11.4. The first-order chi connectivity index (χ1) is 8.81. The number of nitrogens with zero attached hydrogens (tertiary/aromatic N) is 1. The van der Waals surface area contributed by atoms with Gasteiger partial charge in [-0.05, 0) is 24.6 Å². The van der Waals surface area contributed by atoms with Gasteiger partial charge in [0.15, 0.2) is 9.84 Å². The van der Waals surface area contributed by atoms with Crippen LogP contribution in [0.4, 0.5) is 0 Å². The maximum atomic E-state index is 11.4. The number of aromatic nitrogens is 1. The number of aromatic carboxylic acids is 1. The molecular weight excluding hydrogens is 266 g/mol. The number of rotatable bonds is 4. The normalized spacial score (nSPS) is 11.9. The van der Waals surface area contributed by atoms with E-state index in [0.717, 1.165) is 10.9 Å². The number of hydrogen-bond acceptors (Lipinski definition) is 3. The summed E-state index contributed by atoms with van der Waals surface area (Å²) in [6, 6.07) is 4.74. The first kappa shape index (κ1) is 13.6. The van der Waals surface area contributed by atoms with Gasteiger partial charge in [0.2, 0.25) is 0 Å². The molecule has 6 heteroatoms. The molecule has 0 atom stereocenters. The molecule has 0 aliphatic heterocycles. The van der Waals surface area contributed by atoms with E-state index in [1.165, 1.54) is 12.3 Å². The van der Waals surface area contributed by atoms with Gasteiger partial charge >= 0.3 is 5.97 Å². The van der Waals surface area contributed by atoms with E-state index in [-0.39, 0.29) is 11.3 Å². The summed E-state index contributed by atoms with van der Waals surface area (Å²) in [6.07, 6.45) is 2.96. The maximum Gasteiger partial charge on any atom is 0.335 e. The lowest BCUT2D eigenvalue weighted by molar-refractivity contribution is 0.0697. The van der Waals surface area contributed by atoms with Crippen LogP contribution in [0.1, 0.15) is 22.8 Å². The predicted molar refractivity (Wildman–Crippen MR) is 73.1 cm³/mol. The average Bonchev–Trinajstić information content (AvgIpc) is 2.64. The molecule has 2 aromatic rings. The molecule has 0 fully saturated rings. The lowest BCUT2D eigenvalue weighted by Gasteiger charge is -2.01. The van der Waals surface area contributed by atoms with Gasteiger partial charge in [0.1, 0.15) is 0 Å². The lowest BCUT2D eigenvalue weighted by Crippen LogP contribution is -2.00. The fourth-order valence-corrected chi connectivity index (χ4v) is 2.96. The zero-order valence-electron chi connectivity index (χ0n) is 10.8. The summed E-state index contributed by atoms with van der Waals surface area (Å²) in [5.41, 5.74) is 1.66. The molecule has 0 amide bonds. The lowest BCUT2D eigenvalue weighted by atomic mass is 10.1. The van der Waals surface area contributed by atoms with Crippen molar-refractivity contribution in [2.24, 2.45) is 0 Å². The van der Waals surface area contributed by atoms with Gasteiger partial charge in [0.05, 0.1) is 11.3 Å². The van der Waals surface area contributed by atoms with Crippen molar-refractivity contribution >= 4 is 26.7 Å². The highest BCUT2D eigenvalue weighted by Crippen LogP contribution is 2.24. The molecule has 5 nitrogen and oxygen atoms in total. The summed E-state index contributed by atoms with van der Waals surface area (Å²) >= 11 is 0. The largest absolute Gasteiger partial charge is 0.478 e. The molecule has 0 aliphatic carbocycles. The van der Waals surface area contributed by atoms with Crippen molar-refractivity contribution in [1.82, 2.24) is 4.57 Å². The highest BCUT2D eigenvalue weighted by atomic mass is 32.2. The Morgan fingerprint density at radius 2 is 2.05 bits per heavy atom. The van der Waals surface area contributed by atoms with E-state index in [9.17, 15) is 13.2 Å². The summed E-state index contributed by atoms with van der Waals surface area (Å²) < 4.78 is 24.7. The molecule has 1 heterocycles. The number of benzene rings is 1. The van der Waals surface area contributed by atoms with Crippen molar-refractivity contribution < 1.29 is 18.3 Å². The fraction of sp³-hybridized carbons (Fsp3) is 0.308. The van der Waals surface area contributed by atoms with E-state index in [2.05, 4.69) is 0 Å². The molecule has 0 spiro atoms. The molecule has 1 aromatic heterocycles. The number of fused-ring (bicyclic) bond motifs is 1. The number of carboxylic acid groups (broad SMARTS) is 1. The van der Waals surface area contributed by atoms with E-state index < -0.39 is 15.8 Å². The smallest absolute Gasteiger partial charge is 0.335 e. The first-order valence-electron chi connectivity index (χ1n) is 5.84. The minimum atomic E-state index is -3.12. The Morgan fingerprint density at radius 1 is 1.37 bits per heavy atom. The van der Waals surface area contributed by atoms with Crippen LogP contribution in [0.3, 0.4) is 0 Å². The van der Waals surface area contributed by atoms with Crippen molar-refractivity contribution in [2.45, 2.75) is 19.2 Å². The quantitative estimate of drug-likeness (QED) is 0.928. The van der Waals surface area contributed by atoms with Crippen LogP contribution in [0.2, 0.25) is 0 Å². The zero-order valence-corrected chi connectivity index (χ0v) is 11.6. The van der Waals surface area contributed by atoms with Gasteiger partial charge in [-0.3, -0.25) is 0 Å². The molecule has 1 N–H and O–H groups in total. The first-order valence-corrected chi connectivity index (χ1v) is 7.90. The third kappa shape index (κ3) is 2.78. The van der Waals surface area contributed by atoms with Crippen molar-refractivity contribution in [3.05, 3.63) is 35.5 Å². The van der Waals surface area contributed by atoms with Crippen LogP contribution in [0.15, 0.2) is 24.4 Å². The number of carbonyl (C=O) groups is 1. The van der Waals surface area contributed by atoms with E-state index in [1.807, 2.05) is 11.5 Å². The Bertz CT molecular complexity index is 743. The van der Waals surface area contributed by atoms with Crippen molar-refractivity contribution in [3.63, 3.8) is 0 Å². The van der Waals surface area contributed by atoms with Gasteiger partial charge in [-0.25, -0.2) is 13.2 Å². The molecule has 0 saturated carbocycles. The molecule has 19 heavy (non-hydrogen) atoms. The number of aryl methyl sites for hydroxylation is 1. The summed E-state index contributed by atoms with van der Waals surface area (Å²) in [6.45, 7) is 2.58. The van der Waals surface area contributed by atoms with Crippen LogP contribution in [-0.2, 0) is 22.1 Å². The number of carboxylic acids is 1. The second-order valence-electron chi connectivity index (χ2n) is 4.55. The monoisotopic (exact) mass is 281 g/mol. The molecule has 0 aliphatic rings. The summed E-state index contributed by atoms with van der Waals surface area (Å²) in [5, 5.41) is 9.79. The molecule has 0 radical (unpaired) electrons. The van der Waals surface area contributed by atoms with E-state index in [0.29, 0.717) is 12.1 Å². The van der Waals surface area contributed by atoms with Crippen molar-refractivity contribution in [2.75, 3.05) is 6.26 Å². The zero-order chi connectivity index (χ0) is 14.2. The number of hydrogen-bond donors (Lipinski definition) is 1. The summed E-state index contributed by atoms with van der Waals surface area (Å²) in [4.78, 5) is 11.0. The van der Waals surface area contributed by atoms with Crippen molar-refractivity contribution in [3.8, 4) is 0 Å². The third-order valence-corrected chi connectivity index (χ3v) is 3.81. The molecule has 2 rings (SSSR count). The van der Waals surface area contributed by atoms with E-state index in [4.69, 9.17) is 5.11 Å². The standard InChI is InChI=1S/C13H15NO4S/c1-3-14-7-10(8-19(2,17)18)11-5-4-9(13(15)16)6-12(11)14/h4-7H,3,8H2,1-2H3,(H,15,16). The van der Waals surface area contributed by atoms with E-state index >= 15 is 0 Å². The van der Waals surface area contributed by atoms with E-state index in [1.54, 1.807) is 18.3 Å². The van der Waals surface area contributed by atoms with Gasteiger partial charge in [0, 0.05) is 29.9 Å². The molecular formula is C13H15NO4S. The van der Waals surface area contributed by atoms with Crippen LogP contribution in [0, 0.1) is 0 Å². The second-order valence-corrected chi connectivity index (χ2v) is 6.69. The average molecular weight is 281 g/mol. The van der Waals surface area contributed by atoms with Gasteiger partial charge in [-0.15, -0.1) is 0 Å². The highest BCUT2D eigenvalue weighted by molar-refractivity contribution is 7.89. The Kier molecular flexibility index (Phi) is 3.36. The fourth-order valence-electron chi connectivity index (χ4n) is 2.16. The molecule has 0 saturated heterocycles. The van der Waals surface area contributed by atoms with Crippen LogP contribution >= 0.6 is 0 Å².